The first kappa shape index (κ1) is 38.9. The lowest BCUT2D eigenvalue weighted by molar-refractivity contribution is -0.151. The third kappa shape index (κ3) is 6.73. The van der Waals surface area contributed by atoms with Crippen LogP contribution in [0.15, 0.2) is 91.0 Å². The molecule has 1 spiro atoms. The van der Waals surface area contributed by atoms with Crippen molar-refractivity contribution in [2.75, 3.05) is 37.2 Å². The minimum Gasteiger partial charge on any atom is -0.497 e. The van der Waals surface area contributed by atoms with Gasteiger partial charge in [-0.25, -0.2) is 0 Å². The van der Waals surface area contributed by atoms with E-state index in [1.54, 1.807) is 19.1 Å². The van der Waals surface area contributed by atoms with Gasteiger partial charge in [-0.1, -0.05) is 73.7 Å². The van der Waals surface area contributed by atoms with Gasteiger partial charge in [-0.15, -0.1) is 0 Å². The summed E-state index contributed by atoms with van der Waals surface area (Å²) in [5.74, 6) is 0.957. The van der Waals surface area contributed by atoms with Crippen molar-refractivity contribution in [2.24, 2.45) is 5.92 Å². The normalized spacial score (nSPS) is 24.5. The van der Waals surface area contributed by atoms with Crippen molar-refractivity contribution >= 4 is 42.4 Å². The topological polar surface area (TPSA) is 109 Å². The summed E-state index contributed by atoms with van der Waals surface area (Å²) in [5, 5.41) is 11.7. The Morgan fingerprint density at radius 1 is 0.912 bits per heavy atom. The first-order valence-corrected chi connectivity index (χ1v) is 23.3. The fraction of sp³-hybridized carbons (Fsp3) is 0.413. The average Bonchev–Trinajstić information content (AvgIpc) is 3.66. The van der Waals surface area contributed by atoms with Gasteiger partial charge in [0, 0.05) is 36.7 Å². The molecule has 5 atom stereocenters. The van der Waals surface area contributed by atoms with Crippen LogP contribution in [0.1, 0.15) is 54.9 Å². The van der Waals surface area contributed by atoms with Crippen LogP contribution in [0.25, 0.3) is 0 Å². The van der Waals surface area contributed by atoms with Crippen molar-refractivity contribution in [3.05, 3.63) is 113 Å². The van der Waals surface area contributed by atoms with Gasteiger partial charge in [-0.2, -0.15) is 0 Å². The van der Waals surface area contributed by atoms with Crippen molar-refractivity contribution in [3.63, 3.8) is 0 Å². The molecule has 2 saturated heterocycles. The minimum atomic E-state index is -2.53. The smallest absolute Gasteiger partial charge is 0.264 e. The Bertz CT molecular complexity index is 2160. The molecule has 10 nitrogen and oxygen atoms in total. The Kier molecular flexibility index (Phi) is 10.5. The molecule has 0 aliphatic carbocycles. The molecule has 298 valence electrons. The maximum atomic E-state index is 15.4. The molecule has 0 bridgehead atoms. The summed E-state index contributed by atoms with van der Waals surface area (Å²) in [5.41, 5.74) is 4.00. The molecule has 2 fully saturated rings. The predicted octanol–water partition coefficient (Wildman–Crippen LogP) is 6.32. The quantitative estimate of drug-likeness (QED) is 0.188. The third-order valence-electron chi connectivity index (χ3n) is 13.2. The highest BCUT2D eigenvalue weighted by Gasteiger charge is 2.66. The molecule has 0 unspecified atom stereocenters. The van der Waals surface area contributed by atoms with Crippen LogP contribution >= 0.6 is 0 Å². The third-order valence-corrected chi connectivity index (χ3v) is 17.6. The number of benzene rings is 4. The maximum Gasteiger partial charge on any atom is 0.264 e. The second-order valence-electron chi connectivity index (χ2n) is 16.6. The summed E-state index contributed by atoms with van der Waals surface area (Å²) in [4.78, 5) is 48.2. The zero-order valence-corrected chi connectivity index (χ0v) is 34.6. The molecule has 1 N–H and O–H groups in total. The van der Waals surface area contributed by atoms with E-state index in [1.165, 1.54) is 5.19 Å². The molecule has 0 aromatic heterocycles. The summed E-state index contributed by atoms with van der Waals surface area (Å²) in [6.07, 6.45) is 2.53. The van der Waals surface area contributed by atoms with Gasteiger partial charge in [-0.3, -0.25) is 14.4 Å². The van der Waals surface area contributed by atoms with Crippen LogP contribution in [0.2, 0.25) is 18.6 Å². The van der Waals surface area contributed by atoms with Crippen LogP contribution in [0.3, 0.4) is 0 Å². The van der Waals surface area contributed by atoms with E-state index < -0.39 is 19.8 Å². The maximum absolute atomic E-state index is 15.4. The summed E-state index contributed by atoms with van der Waals surface area (Å²) in [6.45, 7) is 8.03. The second-order valence-corrected chi connectivity index (χ2v) is 21.3. The van der Waals surface area contributed by atoms with E-state index in [9.17, 15) is 14.7 Å². The van der Waals surface area contributed by atoms with E-state index >= 15 is 4.79 Å². The van der Waals surface area contributed by atoms with Crippen LogP contribution in [0.5, 0.6) is 11.5 Å². The molecule has 4 aliphatic heterocycles. The summed E-state index contributed by atoms with van der Waals surface area (Å²) < 4.78 is 18.6. The van der Waals surface area contributed by atoms with Crippen molar-refractivity contribution in [2.45, 2.75) is 88.5 Å². The summed E-state index contributed by atoms with van der Waals surface area (Å²) >= 11 is 0. The monoisotopic (exact) mass is 787 g/mol. The molecule has 0 saturated carbocycles. The molecule has 0 radical (unpaired) electrons. The molecular weight excluding hydrogens is 735 g/mol. The summed E-state index contributed by atoms with van der Waals surface area (Å²) in [6, 6.07) is 29.6. The highest BCUT2D eigenvalue weighted by Crippen LogP contribution is 2.60. The van der Waals surface area contributed by atoms with E-state index in [2.05, 4.69) is 38.2 Å². The number of carbonyl (C=O) groups excluding carboxylic acids is 3. The van der Waals surface area contributed by atoms with Crippen molar-refractivity contribution in [3.8, 4) is 11.5 Å². The molecule has 3 amide bonds. The minimum absolute atomic E-state index is 0.0747. The first-order chi connectivity index (χ1) is 27.5. The van der Waals surface area contributed by atoms with Gasteiger partial charge in [0.05, 0.1) is 59.7 Å². The van der Waals surface area contributed by atoms with E-state index in [1.807, 2.05) is 82.6 Å². The Labute approximate surface area is 336 Å². The van der Waals surface area contributed by atoms with E-state index in [0.29, 0.717) is 38.2 Å². The van der Waals surface area contributed by atoms with Gasteiger partial charge in [0.1, 0.15) is 11.5 Å². The van der Waals surface area contributed by atoms with Crippen molar-refractivity contribution in [1.82, 2.24) is 4.90 Å². The number of methoxy groups -OCH3 is 2. The Balaban J connectivity index is 1.17. The van der Waals surface area contributed by atoms with Gasteiger partial charge >= 0.3 is 0 Å². The largest absolute Gasteiger partial charge is 0.497 e. The fourth-order valence-electron chi connectivity index (χ4n) is 10.2. The number of rotatable bonds is 10. The molecule has 8 rings (SSSR count). The number of piperidine rings is 1. The Morgan fingerprint density at radius 3 is 2.30 bits per heavy atom. The van der Waals surface area contributed by atoms with Gasteiger partial charge in [0.2, 0.25) is 11.8 Å². The molecule has 11 heteroatoms. The molecular formula is C46H53N3O7Si. The molecule has 57 heavy (non-hydrogen) atoms. The van der Waals surface area contributed by atoms with Gasteiger partial charge in [0.25, 0.3) is 5.91 Å². The zero-order chi connectivity index (χ0) is 40.1. The number of anilines is 2. The van der Waals surface area contributed by atoms with Crippen LogP contribution in [0, 0.1) is 5.92 Å². The van der Waals surface area contributed by atoms with Crippen LogP contribution < -0.4 is 24.5 Å². The van der Waals surface area contributed by atoms with Gasteiger partial charge in [0.15, 0.2) is 5.60 Å². The van der Waals surface area contributed by atoms with Crippen LogP contribution in [-0.4, -0.2) is 75.3 Å². The number of fused-ring (bicyclic) bond motifs is 3. The molecule has 4 aliphatic rings. The van der Waals surface area contributed by atoms with Gasteiger partial charge in [-0.05, 0) is 84.0 Å². The number of ether oxygens (including phenoxy) is 3. The Hall–Kier alpha value is -4.97. The molecule has 4 aromatic carbocycles. The summed E-state index contributed by atoms with van der Waals surface area (Å²) in [7, 11) is 0.741. The number of aliphatic hydroxyl groups is 1. The van der Waals surface area contributed by atoms with Crippen molar-refractivity contribution in [1.29, 1.82) is 0 Å². The molecule has 4 heterocycles. The van der Waals surface area contributed by atoms with Gasteiger partial charge < -0.3 is 34.0 Å². The fourth-order valence-corrected chi connectivity index (χ4v) is 14.2. The van der Waals surface area contributed by atoms with Crippen molar-refractivity contribution < 1.29 is 33.7 Å². The highest BCUT2D eigenvalue weighted by molar-refractivity contribution is 6.91. The number of carbonyl (C=O) groups is 3. The standard InChI is InChI=1S/C46H53N3O7Si/c1-30-44(57(4,5)38-20-17-36(54-2)18-21-38)41(26-43(52)48-28-33-11-7-6-10-32(33)24-35(48)29-50)56-46(30)39-25-37(55-3)19-22-40(39)49(45(46)53)27-31-13-15-34(16-14-31)47-23-9-8-12-42(47)51/h6-7,10-11,13-22,25,30,35,41,44,50H,8-9,12,23-24,26-29H2,1-5H3/t30-,35-,41+,44-,46+/m0/s1. The van der Waals surface area contributed by atoms with Crippen LogP contribution in [0.4, 0.5) is 11.4 Å². The van der Waals surface area contributed by atoms with E-state index in [-0.39, 0.29) is 48.3 Å². The Morgan fingerprint density at radius 2 is 1.61 bits per heavy atom. The zero-order valence-electron chi connectivity index (χ0n) is 33.6. The number of hydrogen-bond acceptors (Lipinski definition) is 7. The number of hydrogen-bond donors (Lipinski definition) is 1. The highest BCUT2D eigenvalue weighted by atomic mass is 28.3. The van der Waals surface area contributed by atoms with E-state index in [4.69, 9.17) is 14.2 Å². The lowest BCUT2D eigenvalue weighted by atomic mass is 9.82. The molecule has 4 aromatic rings. The lowest BCUT2D eigenvalue weighted by Crippen LogP contribution is -2.52. The van der Waals surface area contributed by atoms with Crippen LogP contribution in [-0.2, 0) is 44.2 Å². The average molecular weight is 788 g/mol. The first-order valence-electron chi connectivity index (χ1n) is 20.2. The lowest BCUT2D eigenvalue weighted by Gasteiger charge is -2.39. The predicted molar refractivity (Wildman–Crippen MR) is 223 cm³/mol. The SMILES string of the molecule is COc1ccc([Si](C)(C)[C@@H]2[C@@H](CC(=O)N3Cc4ccccc4C[C@H]3CO)O[C@]3(C(=O)N(Cc4ccc(N5CCCCC5=O)cc4)c4ccc(OC)cc43)[C@H]2C)cc1. The second kappa shape index (κ2) is 15.4. The number of amides is 3. The number of nitrogens with zero attached hydrogens (tertiary/aromatic N) is 3. The van der Waals surface area contributed by atoms with E-state index in [0.717, 1.165) is 52.2 Å². The number of aliphatic hydroxyl groups excluding tert-OH is 1.